The number of rotatable bonds is 1. The highest BCUT2D eigenvalue weighted by molar-refractivity contribution is 9.11. The predicted octanol–water partition coefficient (Wildman–Crippen LogP) is 3.62. The van der Waals surface area contributed by atoms with Crippen LogP contribution >= 0.6 is 31.9 Å². The van der Waals surface area contributed by atoms with Crippen LogP contribution in [0.3, 0.4) is 0 Å². The van der Waals surface area contributed by atoms with Gasteiger partial charge in [-0.05, 0) is 17.7 Å². The van der Waals surface area contributed by atoms with Crippen molar-refractivity contribution in [3.63, 3.8) is 0 Å². The summed E-state index contributed by atoms with van der Waals surface area (Å²) in [6, 6.07) is 2.72. The Morgan fingerprint density at radius 3 is 2.24 bits per heavy atom. The van der Waals surface area contributed by atoms with Gasteiger partial charge < -0.3 is 9.97 Å². The quantitative estimate of drug-likeness (QED) is 0.737. The maximum atomic E-state index is 12.6. The Balaban J connectivity index is 2.61. The van der Waals surface area contributed by atoms with Gasteiger partial charge in [0.15, 0.2) is 0 Å². The molecule has 0 fully saturated rings. The number of alkyl halides is 4. The molecule has 1 atom stereocenters. The summed E-state index contributed by atoms with van der Waals surface area (Å²) in [6.07, 6.45) is -4.40. The maximum Gasteiger partial charge on any atom is 0.405 e. The van der Waals surface area contributed by atoms with Crippen molar-refractivity contribution >= 4 is 42.9 Å². The minimum absolute atomic E-state index is 0.0141. The van der Waals surface area contributed by atoms with Gasteiger partial charge in [0.2, 0.25) is 0 Å². The van der Waals surface area contributed by atoms with E-state index in [4.69, 9.17) is 0 Å². The monoisotopic (exact) mass is 372 g/mol. The van der Waals surface area contributed by atoms with Gasteiger partial charge in [0.25, 0.3) is 0 Å². The van der Waals surface area contributed by atoms with Crippen LogP contribution in [0.5, 0.6) is 0 Å². The molecule has 3 nitrogen and oxygen atoms in total. The molecule has 0 aliphatic carbocycles. The number of H-pyrrole nitrogens is 2. The molecule has 0 aliphatic heterocycles. The highest BCUT2D eigenvalue weighted by Gasteiger charge is 2.40. The van der Waals surface area contributed by atoms with Gasteiger partial charge in [-0.1, -0.05) is 31.9 Å². The van der Waals surface area contributed by atoms with Crippen molar-refractivity contribution in [2.75, 3.05) is 0 Å². The lowest BCUT2D eigenvalue weighted by atomic mass is 10.1. The molecule has 1 heterocycles. The molecule has 2 rings (SSSR count). The molecule has 92 valence electrons. The van der Waals surface area contributed by atoms with Crippen molar-refractivity contribution in [1.82, 2.24) is 9.97 Å². The molecule has 0 saturated heterocycles. The van der Waals surface area contributed by atoms with E-state index in [1.54, 1.807) is 0 Å². The van der Waals surface area contributed by atoms with Gasteiger partial charge in [-0.3, -0.25) is 0 Å². The molecule has 0 radical (unpaired) electrons. The van der Waals surface area contributed by atoms with E-state index >= 15 is 0 Å². The van der Waals surface area contributed by atoms with Gasteiger partial charge in [-0.15, -0.1) is 0 Å². The highest BCUT2D eigenvalue weighted by atomic mass is 79.9. The van der Waals surface area contributed by atoms with E-state index in [2.05, 4.69) is 41.8 Å². The van der Waals surface area contributed by atoms with Crippen LogP contribution in [0.15, 0.2) is 21.4 Å². The number of aromatic nitrogens is 2. The molecule has 1 aromatic carbocycles. The SMILES string of the molecule is O=c1[nH]c2cc(Br)c(C(Br)C(F)(F)F)cc2[nH]1. The highest BCUT2D eigenvalue weighted by Crippen LogP contribution is 2.43. The van der Waals surface area contributed by atoms with Crippen LogP contribution in [-0.4, -0.2) is 16.1 Å². The van der Waals surface area contributed by atoms with Crippen LogP contribution in [0.25, 0.3) is 11.0 Å². The molecular weight excluding hydrogens is 369 g/mol. The Morgan fingerprint density at radius 1 is 1.18 bits per heavy atom. The third-order valence-corrected chi connectivity index (χ3v) is 3.89. The van der Waals surface area contributed by atoms with Gasteiger partial charge in [0, 0.05) is 4.47 Å². The molecule has 0 saturated carbocycles. The molecule has 8 heteroatoms. The van der Waals surface area contributed by atoms with Gasteiger partial charge >= 0.3 is 11.9 Å². The van der Waals surface area contributed by atoms with Gasteiger partial charge in [0.1, 0.15) is 4.83 Å². The number of aromatic amines is 2. The smallest absolute Gasteiger partial charge is 0.306 e. The van der Waals surface area contributed by atoms with Gasteiger partial charge in [0.05, 0.1) is 11.0 Å². The summed E-state index contributed by atoms with van der Waals surface area (Å²) in [5, 5.41) is 0. The average Bonchev–Trinajstić information content (AvgIpc) is 2.53. The van der Waals surface area contributed by atoms with E-state index < -0.39 is 16.7 Å². The zero-order valence-electron chi connectivity index (χ0n) is 8.03. The number of hydrogen-bond acceptors (Lipinski definition) is 1. The molecule has 2 aromatic rings. The lowest BCUT2D eigenvalue weighted by molar-refractivity contribution is -0.128. The lowest BCUT2D eigenvalue weighted by Gasteiger charge is -2.15. The minimum atomic E-state index is -4.40. The Kier molecular flexibility index (Phi) is 3.11. The van der Waals surface area contributed by atoms with E-state index in [9.17, 15) is 18.0 Å². The zero-order valence-corrected chi connectivity index (χ0v) is 11.2. The van der Waals surface area contributed by atoms with Crippen LogP contribution in [-0.2, 0) is 0 Å². The van der Waals surface area contributed by atoms with Gasteiger partial charge in [-0.2, -0.15) is 13.2 Å². The first-order valence-electron chi connectivity index (χ1n) is 4.41. The van der Waals surface area contributed by atoms with Crippen molar-refractivity contribution in [2.24, 2.45) is 0 Å². The second-order valence-electron chi connectivity index (χ2n) is 3.40. The van der Waals surface area contributed by atoms with E-state index in [1.165, 1.54) is 12.1 Å². The summed E-state index contributed by atoms with van der Waals surface area (Å²) in [7, 11) is 0. The zero-order chi connectivity index (χ0) is 12.8. The normalized spacial score (nSPS) is 14.2. The average molecular weight is 374 g/mol. The Morgan fingerprint density at radius 2 is 1.71 bits per heavy atom. The van der Waals surface area contributed by atoms with Crippen molar-refractivity contribution in [1.29, 1.82) is 0 Å². The summed E-state index contributed by atoms with van der Waals surface area (Å²) in [5.74, 6) is 0. The van der Waals surface area contributed by atoms with Crippen LogP contribution in [0.2, 0.25) is 0 Å². The summed E-state index contributed by atoms with van der Waals surface area (Å²) < 4.78 is 38.0. The first kappa shape index (κ1) is 12.7. The minimum Gasteiger partial charge on any atom is -0.306 e. The van der Waals surface area contributed by atoms with Crippen LogP contribution in [0.1, 0.15) is 10.4 Å². The number of halogens is 5. The van der Waals surface area contributed by atoms with Crippen LogP contribution in [0, 0.1) is 0 Å². The van der Waals surface area contributed by atoms with Crippen molar-refractivity contribution < 1.29 is 13.2 Å². The number of imidazole rings is 1. The third kappa shape index (κ3) is 2.42. The van der Waals surface area contributed by atoms with E-state index in [0.717, 1.165) is 0 Å². The Bertz CT molecular complexity index is 617. The Hall–Kier alpha value is -0.760. The second kappa shape index (κ2) is 4.16. The number of nitrogens with one attached hydrogen (secondary N) is 2. The summed E-state index contributed by atoms with van der Waals surface area (Å²) in [5.41, 5.74) is 0.344. The molecule has 2 N–H and O–H groups in total. The van der Waals surface area contributed by atoms with E-state index in [1.807, 2.05) is 0 Å². The standard InChI is InChI=1S/C9H5Br2F3N2O/c10-4-2-6-5(15-8(17)16-6)1-3(4)7(11)9(12,13)14/h1-2,7H,(H2,15,16,17). The fourth-order valence-corrected chi connectivity index (χ4v) is 2.70. The molecule has 1 aromatic heterocycles. The van der Waals surface area contributed by atoms with E-state index in [-0.39, 0.29) is 10.0 Å². The van der Waals surface area contributed by atoms with Gasteiger partial charge in [-0.25, -0.2) is 4.79 Å². The first-order valence-corrected chi connectivity index (χ1v) is 6.12. The number of fused-ring (bicyclic) bond motifs is 1. The third-order valence-electron chi connectivity index (χ3n) is 2.19. The van der Waals surface area contributed by atoms with Crippen molar-refractivity contribution in [2.45, 2.75) is 11.0 Å². The molecule has 1 unspecified atom stereocenters. The summed E-state index contributed by atoms with van der Waals surface area (Å²) in [6.45, 7) is 0. The second-order valence-corrected chi connectivity index (χ2v) is 5.17. The predicted molar refractivity (Wildman–Crippen MR) is 64.3 cm³/mol. The fraction of sp³-hybridized carbons (Fsp3) is 0.222. The van der Waals surface area contributed by atoms with Crippen LogP contribution in [0.4, 0.5) is 13.2 Å². The molecule has 0 spiro atoms. The van der Waals surface area contributed by atoms with Crippen LogP contribution < -0.4 is 5.69 Å². The fourth-order valence-electron chi connectivity index (χ4n) is 1.44. The lowest BCUT2D eigenvalue weighted by Crippen LogP contribution is -2.15. The molecule has 0 aliphatic rings. The Labute approximate surface area is 110 Å². The molecular formula is C9H5Br2F3N2O. The molecule has 17 heavy (non-hydrogen) atoms. The summed E-state index contributed by atoms with van der Waals surface area (Å²) >= 11 is 5.65. The van der Waals surface area contributed by atoms with E-state index in [0.29, 0.717) is 11.0 Å². The topological polar surface area (TPSA) is 48.6 Å². The maximum absolute atomic E-state index is 12.6. The molecule has 0 bridgehead atoms. The van der Waals surface area contributed by atoms with Crippen molar-refractivity contribution in [3.05, 3.63) is 32.7 Å². The number of benzene rings is 1. The number of hydrogen-bond donors (Lipinski definition) is 2. The van der Waals surface area contributed by atoms with Crippen molar-refractivity contribution in [3.8, 4) is 0 Å². The summed E-state index contributed by atoms with van der Waals surface area (Å²) in [4.78, 5) is 14.1. The first-order chi connectivity index (χ1) is 7.79. The largest absolute Gasteiger partial charge is 0.405 e. The molecule has 0 amide bonds.